The van der Waals surface area contributed by atoms with Crippen LogP contribution >= 0.6 is 23.9 Å². The van der Waals surface area contributed by atoms with Crippen molar-refractivity contribution in [2.45, 2.75) is 0 Å². The third kappa shape index (κ3) is 3.46. The van der Waals surface area contributed by atoms with Crippen LogP contribution in [-0.4, -0.2) is 0 Å². The van der Waals surface area contributed by atoms with Gasteiger partial charge < -0.3 is 0 Å². The Balaban J connectivity index is 2.45. The first-order valence-electron chi connectivity index (χ1n) is 2.55. The molecule has 0 saturated carbocycles. The van der Waals surface area contributed by atoms with Gasteiger partial charge in [0.1, 0.15) is 0 Å². The van der Waals surface area contributed by atoms with E-state index in [4.69, 9.17) is 0 Å². The Morgan fingerprint density at radius 3 is 1.89 bits per heavy atom. The quantitative estimate of drug-likeness (QED) is 0.542. The van der Waals surface area contributed by atoms with Crippen molar-refractivity contribution in [1.82, 2.24) is 4.13 Å². The summed E-state index contributed by atoms with van der Waals surface area (Å²) in [5.41, 5.74) is 0. The molecule has 0 aliphatic carbocycles. The van der Waals surface area contributed by atoms with Gasteiger partial charge in [0.2, 0.25) is 0 Å². The maximum Gasteiger partial charge on any atom is -0.0128 e. The standard InChI is InChI=1S/C6H7NS2/c1-2-4-6-9-7-8-5-3-1/h1-7H. The van der Waals surface area contributed by atoms with Crippen molar-refractivity contribution < 1.29 is 0 Å². The minimum Gasteiger partial charge on any atom is -0.200 e. The molecular formula is C6H7NS2. The highest BCUT2D eigenvalue weighted by Crippen LogP contribution is 2.07. The Labute approximate surface area is 63.6 Å². The molecule has 0 amide bonds. The largest absolute Gasteiger partial charge is 0.200 e. The van der Waals surface area contributed by atoms with Crippen molar-refractivity contribution in [2.75, 3.05) is 0 Å². The van der Waals surface area contributed by atoms with Gasteiger partial charge in [0, 0.05) is 0 Å². The zero-order valence-electron chi connectivity index (χ0n) is 4.78. The van der Waals surface area contributed by atoms with Crippen LogP contribution in [0.15, 0.2) is 35.1 Å². The maximum absolute atomic E-state index is 3.05. The van der Waals surface area contributed by atoms with Gasteiger partial charge in [-0.2, -0.15) is 0 Å². The topological polar surface area (TPSA) is 12.0 Å². The summed E-state index contributed by atoms with van der Waals surface area (Å²) in [5.74, 6) is 0. The molecule has 0 atom stereocenters. The summed E-state index contributed by atoms with van der Waals surface area (Å²) < 4.78 is 3.05. The Kier molecular flexibility index (Phi) is 3.68. The van der Waals surface area contributed by atoms with E-state index >= 15 is 0 Å². The highest BCUT2D eigenvalue weighted by atomic mass is 32.2. The predicted molar refractivity (Wildman–Crippen MR) is 45.7 cm³/mol. The predicted octanol–water partition coefficient (Wildman–Crippen LogP) is 2.47. The lowest BCUT2D eigenvalue weighted by Gasteiger charge is -1.88. The molecule has 0 unspecified atom stereocenters. The van der Waals surface area contributed by atoms with Crippen LogP contribution < -0.4 is 4.13 Å². The van der Waals surface area contributed by atoms with E-state index in [2.05, 4.69) is 4.13 Å². The Morgan fingerprint density at radius 2 is 1.33 bits per heavy atom. The number of rotatable bonds is 0. The van der Waals surface area contributed by atoms with E-state index in [-0.39, 0.29) is 0 Å². The average Bonchev–Trinajstić information content (AvgIpc) is 2.00. The molecule has 3 heteroatoms. The van der Waals surface area contributed by atoms with E-state index in [9.17, 15) is 0 Å². The van der Waals surface area contributed by atoms with E-state index in [1.165, 1.54) is 0 Å². The van der Waals surface area contributed by atoms with Crippen LogP contribution in [0.5, 0.6) is 0 Å². The fourth-order valence-electron chi connectivity index (χ4n) is 0.381. The van der Waals surface area contributed by atoms with Gasteiger partial charge >= 0.3 is 0 Å². The van der Waals surface area contributed by atoms with Gasteiger partial charge in [-0.3, -0.25) is 0 Å². The Morgan fingerprint density at radius 1 is 0.778 bits per heavy atom. The van der Waals surface area contributed by atoms with Crippen molar-refractivity contribution in [2.24, 2.45) is 0 Å². The number of hydrogen-bond acceptors (Lipinski definition) is 3. The number of hydrogen-bond donors (Lipinski definition) is 1. The van der Waals surface area contributed by atoms with Crippen LogP contribution in [0.4, 0.5) is 0 Å². The summed E-state index contributed by atoms with van der Waals surface area (Å²) in [5, 5.41) is 3.99. The van der Waals surface area contributed by atoms with Crippen molar-refractivity contribution in [3.63, 3.8) is 0 Å². The lowest BCUT2D eigenvalue weighted by atomic mass is 10.5. The molecule has 0 radical (unpaired) electrons. The second kappa shape index (κ2) is 4.73. The van der Waals surface area contributed by atoms with Crippen LogP contribution in [0, 0.1) is 0 Å². The summed E-state index contributed by atoms with van der Waals surface area (Å²) in [6.07, 6.45) is 7.98. The van der Waals surface area contributed by atoms with Crippen molar-refractivity contribution in [1.29, 1.82) is 0 Å². The van der Waals surface area contributed by atoms with E-state index in [0.29, 0.717) is 0 Å². The Bertz CT molecular complexity index is 133. The van der Waals surface area contributed by atoms with Gasteiger partial charge in [-0.25, -0.2) is 4.13 Å². The molecule has 1 N–H and O–H groups in total. The molecule has 0 aromatic rings. The highest BCUT2D eigenvalue weighted by Gasteiger charge is 1.78. The zero-order valence-corrected chi connectivity index (χ0v) is 6.41. The molecule has 1 aliphatic rings. The van der Waals surface area contributed by atoms with Crippen LogP contribution in [0.1, 0.15) is 0 Å². The summed E-state index contributed by atoms with van der Waals surface area (Å²) in [6, 6.07) is 0. The molecular weight excluding hydrogens is 150 g/mol. The zero-order chi connectivity index (χ0) is 6.36. The molecule has 0 spiro atoms. The van der Waals surface area contributed by atoms with Crippen LogP contribution in [0.2, 0.25) is 0 Å². The van der Waals surface area contributed by atoms with Gasteiger partial charge in [0.05, 0.1) is 0 Å². The molecule has 1 heterocycles. The lowest BCUT2D eigenvalue weighted by molar-refractivity contribution is 1.78. The summed E-state index contributed by atoms with van der Waals surface area (Å²) in [7, 11) is 0. The molecule has 0 aromatic carbocycles. The summed E-state index contributed by atoms with van der Waals surface area (Å²) >= 11 is 3.14. The first-order chi connectivity index (χ1) is 4.50. The molecule has 1 nitrogen and oxygen atoms in total. The minimum absolute atomic E-state index is 1.57. The Hall–Kier alpha value is -0.120. The summed E-state index contributed by atoms with van der Waals surface area (Å²) in [6.45, 7) is 0. The molecule has 1 aliphatic heterocycles. The second-order valence-corrected chi connectivity index (χ2v) is 3.04. The molecule has 48 valence electrons. The van der Waals surface area contributed by atoms with E-state index in [0.717, 1.165) is 0 Å². The van der Waals surface area contributed by atoms with E-state index in [1.807, 2.05) is 35.1 Å². The van der Waals surface area contributed by atoms with Crippen LogP contribution in [-0.2, 0) is 0 Å². The fraction of sp³-hybridized carbons (Fsp3) is 0. The molecule has 9 heavy (non-hydrogen) atoms. The molecule has 0 saturated heterocycles. The van der Waals surface area contributed by atoms with Crippen LogP contribution in [0.25, 0.3) is 0 Å². The normalized spacial score (nSPS) is 18.7. The average molecular weight is 157 g/mol. The number of nitrogens with one attached hydrogen (secondary N) is 1. The van der Waals surface area contributed by atoms with E-state index in [1.54, 1.807) is 23.9 Å². The van der Waals surface area contributed by atoms with E-state index < -0.39 is 0 Å². The van der Waals surface area contributed by atoms with Gasteiger partial charge in [-0.05, 0) is 34.7 Å². The van der Waals surface area contributed by atoms with Gasteiger partial charge in [0.15, 0.2) is 0 Å². The van der Waals surface area contributed by atoms with Gasteiger partial charge in [-0.15, -0.1) is 0 Å². The minimum atomic E-state index is 1.57. The monoisotopic (exact) mass is 157 g/mol. The maximum atomic E-state index is 3.05. The third-order valence-corrected chi connectivity index (χ3v) is 2.08. The van der Waals surface area contributed by atoms with Crippen LogP contribution in [0.3, 0.4) is 0 Å². The van der Waals surface area contributed by atoms with Gasteiger partial charge in [-0.1, -0.05) is 24.3 Å². The smallest absolute Gasteiger partial charge is 0.0128 e. The first kappa shape index (κ1) is 6.99. The third-order valence-electron chi connectivity index (χ3n) is 0.723. The van der Waals surface area contributed by atoms with Crippen molar-refractivity contribution >= 4 is 23.9 Å². The van der Waals surface area contributed by atoms with Gasteiger partial charge in [0.25, 0.3) is 0 Å². The second-order valence-electron chi connectivity index (χ2n) is 1.36. The van der Waals surface area contributed by atoms with Crippen molar-refractivity contribution in [3.05, 3.63) is 35.1 Å². The first-order valence-corrected chi connectivity index (χ1v) is 4.31. The molecule has 0 bridgehead atoms. The highest BCUT2D eigenvalue weighted by molar-refractivity contribution is 8.15. The van der Waals surface area contributed by atoms with Crippen molar-refractivity contribution in [3.8, 4) is 0 Å². The SMILES string of the molecule is C1=CC=CSNSC=C1. The lowest BCUT2D eigenvalue weighted by Crippen LogP contribution is -1.80. The fourth-order valence-corrected chi connectivity index (χ4v) is 1.39. The summed E-state index contributed by atoms with van der Waals surface area (Å²) in [4.78, 5) is 0. The molecule has 0 fully saturated rings. The molecule has 0 aromatic heterocycles. The molecule has 1 rings (SSSR count). The number of allylic oxidation sites excluding steroid dienone is 4.